The van der Waals surface area contributed by atoms with E-state index in [9.17, 15) is 18.0 Å². The van der Waals surface area contributed by atoms with E-state index in [1.807, 2.05) is 5.38 Å². The van der Waals surface area contributed by atoms with E-state index < -0.39 is 10.0 Å². The molecule has 11 heteroatoms. The highest BCUT2D eigenvalue weighted by atomic mass is 35.5. The van der Waals surface area contributed by atoms with Gasteiger partial charge in [-0.25, -0.2) is 8.42 Å². The number of nitrogens with one attached hydrogen (secondary N) is 1. The molecule has 0 aliphatic carbocycles. The van der Waals surface area contributed by atoms with Crippen molar-refractivity contribution in [3.8, 4) is 0 Å². The fourth-order valence-electron chi connectivity index (χ4n) is 2.68. The molecule has 146 valence electrons. The minimum absolute atomic E-state index is 0.100. The summed E-state index contributed by atoms with van der Waals surface area (Å²) in [6.07, 6.45) is 0.184. The van der Waals surface area contributed by atoms with E-state index in [1.165, 1.54) is 21.7 Å². The van der Waals surface area contributed by atoms with Crippen LogP contribution in [0.4, 0.5) is 0 Å². The van der Waals surface area contributed by atoms with Crippen LogP contribution in [0, 0.1) is 0 Å². The molecular weight excluding hydrogens is 430 g/mol. The molecule has 2 aromatic heterocycles. The number of nitrogens with zero attached hydrogens (tertiary/aromatic N) is 2. The van der Waals surface area contributed by atoms with Crippen molar-refractivity contribution < 1.29 is 18.0 Å². The zero-order valence-corrected chi connectivity index (χ0v) is 17.5. The summed E-state index contributed by atoms with van der Waals surface area (Å²) in [6, 6.07) is 4.78. The lowest BCUT2D eigenvalue weighted by atomic mass is 10.3. The first kappa shape index (κ1) is 20.3. The average Bonchev–Trinajstić information content (AvgIpc) is 3.33. The zero-order valence-electron chi connectivity index (χ0n) is 14.3. The second kappa shape index (κ2) is 8.70. The summed E-state index contributed by atoms with van der Waals surface area (Å²) in [6.45, 7) is 1.39. The predicted molar refractivity (Wildman–Crippen MR) is 106 cm³/mol. The van der Waals surface area contributed by atoms with E-state index in [1.54, 1.807) is 22.4 Å². The van der Waals surface area contributed by atoms with Crippen LogP contribution in [0.15, 0.2) is 33.2 Å². The van der Waals surface area contributed by atoms with Gasteiger partial charge in [-0.3, -0.25) is 9.59 Å². The van der Waals surface area contributed by atoms with E-state index in [2.05, 4.69) is 5.32 Å². The second-order valence-corrected chi connectivity index (χ2v) is 10.5. The first-order chi connectivity index (χ1) is 12.9. The fourth-order valence-corrected chi connectivity index (χ4v) is 6.37. The van der Waals surface area contributed by atoms with Gasteiger partial charge in [0.25, 0.3) is 15.9 Å². The summed E-state index contributed by atoms with van der Waals surface area (Å²) in [5.41, 5.74) is 0.583. The smallest absolute Gasteiger partial charge is 0.252 e. The molecule has 7 nitrogen and oxygen atoms in total. The third-order valence-corrected chi connectivity index (χ3v) is 8.42. The zero-order chi connectivity index (χ0) is 19.4. The molecule has 1 saturated heterocycles. The summed E-state index contributed by atoms with van der Waals surface area (Å²) >= 11 is 8.29. The molecule has 0 radical (unpaired) electrons. The van der Waals surface area contributed by atoms with Crippen LogP contribution in [0.25, 0.3) is 0 Å². The van der Waals surface area contributed by atoms with Crippen LogP contribution in [-0.2, 0) is 14.8 Å². The van der Waals surface area contributed by atoms with Crippen LogP contribution in [0.2, 0.25) is 4.34 Å². The SMILES string of the molecule is O=C(NCCC(=O)N1CCN(S(=O)(=O)c2ccc(Cl)s2)CC1)c1ccsc1. The molecule has 0 saturated carbocycles. The van der Waals surface area contributed by atoms with Crippen molar-refractivity contribution in [2.75, 3.05) is 32.7 Å². The number of carbonyl (C=O) groups is 2. The summed E-state index contributed by atoms with van der Waals surface area (Å²) in [5.74, 6) is -0.300. The number of hydrogen-bond donors (Lipinski definition) is 1. The van der Waals surface area contributed by atoms with Gasteiger partial charge in [-0.15, -0.1) is 11.3 Å². The van der Waals surface area contributed by atoms with E-state index in [4.69, 9.17) is 11.6 Å². The van der Waals surface area contributed by atoms with Gasteiger partial charge in [0.15, 0.2) is 0 Å². The van der Waals surface area contributed by atoms with Gasteiger partial charge in [-0.1, -0.05) is 11.6 Å². The van der Waals surface area contributed by atoms with Crippen LogP contribution in [0.5, 0.6) is 0 Å². The van der Waals surface area contributed by atoms with Gasteiger partial charge in [-0.2, -0.15) is 15.6 Å². The number of thiophene rings is 2. The quantitative estimate of drug-likeness (QED) is 0.734. The summed E-state index contributed by atoms with van der Waals surface area (Å²) in [5, 5.41) is 6.28. The van der Waals surface area contributed by atoms with E-state index >= 15 is 0 Å². The highest BCUT2D eigenvalue weighted by Gasteiger charge is 2.30. The van der Waals surface area contributed by atoms with Crippen LogP contribution >= 0.6 is 34.3 Å². The monoisotopic (exact) mass is 447 g/mol. The Hall–Kier alpha value is -1.46. The summed E-state index contributed by atoms with van der Waals surface area (Å²) in [7, 11) is -3.57. The number of sulfonamides is 1. The van der Waals surface area contributed by atoms with Gasteiger partial charge < -0.3 is 10.2 Å². The van der Waals surface area contributed by atoms with Crippen LogP contribution in [-0.4, -0.2) is 62.2 Å². The lowest BCUT2D eigenvalue weighted by Gasteiger charge is -2.33. The van der Waals surface area contributed by atoms with Crippen molar-refractivity contribution in [2.45, 2.75) is 10.6 Å². The van der Waals surface area contributed by atoms with Gasteiger partial charge in [0.05, 0.1) is 4.34 Å². The molecule has 1 N–H and O–H groups in total. The molecule has 3 rings (SSSR count). The van der Waals surface area contributed by atoms with Crippen molar-refractivity contribution >= 4 is 56.1 Å². The standard InChI is InChI=1S/C16H18ClN3O4S3/c17-13-1-2-15(26-13)27(23,24)20-8-6-19(7-9-20)14(21)3-5-18-16(22)12-4-10-25-11-12/h1-2,4,10-11H,3,5-9H2,(H,18,22). The lowest BCUT2D eigenvalue weighted by Crippen LogP contribution is -2.50. The largest absolute Gasteiger partial charge is 0.351 e. The average molecular weight is 448 g/mol. The topological polar surface area (TPSA) is 86.8 Å². The van der Waals surface area contributed by atoms with Crippen LogP contribution in [0.3, 0.4) is 0 Å². The molecular formula is C16H18ClN3O4S3. The Morgan fingerprint density at radius 2 is 1.89 bits per heavy atom. The summed E-state index contributed by atoms with van der Waals surface area (Å²) in [4.78, 5) is 25.8. The molecule has 1 aliphatic heterocycles. The third-order valence-electron chi connectivity index (χ3n) is 4.14. The van der Waals surface area contributed by atoms with E-state index in [0.717, 1.165) is 11.3 Å². The van der Waals surface area contributed by atoms with Crippen molar-refractivity contribution in [1.82, 2.24) is 14.5 Å². The number of hydrogen-bond acceptors (Lipinski definition) is 6. The van der Waals surface area contributed by atoms with Crippen molar-refractivity contribution in [2.24, 2.45) is 0 Å². The van der Waals surface area contributed by atoms with Crippen molar-refractivity contribution in [3.05, 3.63) is 38.9 Å². The third kappa shape index (κ3) is 4.88. The predicted octanol–water partition coefficient (Wildman–Crippen LogP) is 2.12. The molecule has 3 heterocycles. The Bertz CT molecular complexity index is 903. The second-order valence-electron chi connectivity index (χ2n) is 5.86. The first-order valence-electron chi connectivity index (χ1n) is 8.21. The Morgan fingerprint density at radius 1 is 1.15 bits per heavy atom. The highest BCUT2D eigenvalue weighted by molar-refractivity contribution is 7.91. The van der Waals surface area contributed by atoms with Crippen LogP contribution in [0.1, 0.15) is 16.8 Å². The first-order valence-corrected chi connectivity index (χ1v) is 11.8. The van der Waals surface area contributed by atoms with E-state index in [0.29, 0.717) is 23.0 Å². The Labute approximate surface area is 170 Å². The normalized spacial score (nSPS) is 15.7. The Kier molecular flexibility index (Phi) is 6.53. The molecule has 0 bridgehead atoms. The maximum absolute atomic E-state index is 12.6. The Balaban J connectivity index is 1.46. The number of carbonyl (C=O) groups excluding carboxylic acids is 2. The number of amides is 2. The van der Waals surface area contributed by atoms with Gasteiger partial charge in [0.2, 0.25) is 5.91 Å². The van der Waals surface area contributed by atoms with Gasteiger partial charge >= 0.3 is 0 Å². The highest BCUT2D eigenvalue weighted by Crippen LogP contribution is 2.28. The minimum Gasteiger partial charge on any atom is -0.351 e. The molecule has 1 aliphatic rings. The maximum atomic E-state index is 12.6. The molecule has 0 spiro atoms. The molecule has 2 aromatic rings. The Morgan fingerprint density at radius 3 is 2.48 bits per heavy atom. The number of rotatable bonds is 6. The number of piperazine rings is 1. The molecule has 2 amide bonds. The van der Waals surface area contributed by atoms with E-state index in [-0.39, 0.29) is 42.1 Å². The van der Waals surface area contributed by atoms with Crippen molar-refractivity contribution in [3.63, 3.8) is 0 Å². The lowest BCUT2D eigenvalue weighted by molar-refractivity contribution is -0.132. The van der Waals surface area contributed by atoms with Gasteiger partial charge in [-0.05, 0) is 23.6 Å². The van der Waals surface area contributed by atoms with Gasteiger partial charge in [0, 0.05) is 50.1 Å². The molecule has 0 atom stereocenters. The van der Waals surface area contributed by atoms with Crippen LogP contribution < -0.4 is 5.32 Å². The summed E-state index contributed by atoms with van der Waals surface area (Å²) < 4.78 is 27.1. The fraction of sp³-hybridized carbons (Fsp3) is 0.375. The molecule has 0 aromatic carbocycles. The minimum atomic E-state index is -3.57. The molecule has 27 heavy (non-hydrogen) atoms. The maximum Gasteiger partial charge on any atom is 0.252 e. The van der Waals surface area contributed by atoms with Crippen molar-refractivity contribution in [1.29, 1.82) is 0 Å². The number of halogens is 1. The molecule has 0 unspecified atom stereocenters. The van der Waals surface area contributed by atoms with Gasteiger partial charge in [0.1, 0.15) is 4.21 Å². The molecule has 1 fully saturated rings.